The minimum Gasteiger partial charge on any atom is -0.332 e. The Kier molecular flexibility index (Phi) is 0.989. The van der Waals surface area contributed by atoms with Crippen molar-refractivity contribution in [2.75, 3.05) is 0 Å². The van der Waals surface area contributed by atoms with Crippen LogP contribution in [0, 0.1) is 0 Å². The highest BCUT2D eigenvalue weighted by Crippen LogP contribution is 2.43. The van der Waals surface area contributed by atoms with Gasteiger partial charge in [-0.1, -0.05) is 0 Å². The van der Waals surface area contributed by atoms with Crippen LogP contribution >= 0.6 is 0 Å². The molecule has 1 aliphatic carbocycles. The number of nitrogens with zero attached hydrogens (tertiary/aromatic N) is 2. The van der Waals surface area contributed by atoms with Gasteiger partial charge in [0.15, 0.2) is 0 Å². The van der Waals surface area contributed by atoms with E-state index < -0.39 is 0 Å². The second-order valence-corrected chi connectivity index (χ2v) is 3.70. The molecule has 0 amide bonds. The predicted molar refractivity (Wildman–Crippen MR) is 42.5 cm³/mol. The lowest BCUT2D eigenvalue weighted by atomic mass is 9.81. The maximum absolute atomic E-state index is 4.40. The van der Waals surface area contributed by atoms with Gasteiger partial charge in [0.2, 0.25) is 0 Å². The summed E-state index contributed by atoms with van der Waals surface area (Å²) in [6, 6.07) is 0.789. The van der Waals surface area contributed by atoms with Crippen molar-refractivity contribution in [2.45, 2.75) is 37.6 Å². The number of hydrogen-bond donors (Lipinski definition) is 0. The lowest BCUT2D eigenvalue weighted by molar-refractivity contribution is 0.254. The number of hydrogen-bond acceptors (Lipinski definition) is 1. The maximum Gasteiger partial charge on any atom is 0.112 e. The zero-order valence-corrected chi connectivity index (χ0v) is 6.53. The van der Waals surface area contributed by atoms with E-state index in [1.165, 1.54) is 31.5 Å². The average molecular weight is 148 g/mol. The van der Waals surface area contributed by atoms with E-state index in [2.05, 4.69) is 15.7 Å². The van der Waals surface area contributed by atoms with Gasteiger partial charge in [-0.2, -0.15) is 0 Å². The van der Waals surface area contributed by atoms with Crippen molar-refractivity contribution in [3.8, 4) is 0 Å². The standard InChI is InChI=1S/C9H12N2/c1-3-8-4-2-7(1)9-10-5-6-11(8)9/h5-8H,1-4H2. The van der Waals surface area contributed by atoms with Crippen LogP contribution in [0.4, 0.5) is 0 Å². The first kappa shape index (κ1) is 5.81. The molecule has 1 aromatic rings. The molecule has 2 bridgehead atoms. The van der Waals surface area contributed by atoms with Crippen LogP contribution in [-0.2, 0) is 0 Å². The fourth-order valence-electron chi connectivity index (χ4n) is 2.56. The summed E-state index contributed by atoms with van der Waals surface area (Å²) in [5.41, 5.74) is 0. The Morgan fingerprint density at radius 3 is 2.82 bits per heavy atom. The Labute approximate surface area is 66.2 Å². The topological polar surface area (TPSA) is 17.8 Å². The zero-order valence-electron chi connectivity index (χ0n) is 6.53. The number of imidazole rings is 1. The summed E-state index contributed by atoms with van der Waals surface area (Å²) in [5, 5.41) is 0. The van der Waals surface area contributed by atoms with Crippen molar-refractivity contribution < 1.29 is 0 Å². The largest absolute Gasteiger partial charge is 0.332 e. The number of rotatable bonds is 0. The van der Waals surface area contributed by atoms with Gasteiger partial charge in [-0.25, -0.2) is 4.98 Å². The van der Waals surface area contributed by atoms with Crippen molar-refractivity contribution in [1.82, 2.24) is 9.55 Å². The molecule has 0 saturated heterocycles. The van der Waals surface area contributed by atoms with E-state index >= 15 is 0 Å². The normalized spacial score (nSPS) is 33.8. The Morgan fingerprint density at radius 2 is 2.09 bits per heavy atom. The summed E-state index contributed by atoms with van der Waals surface area (Å²) in [6.07, 6.45) is 9.61. The van der Waals surface area contributed by atoms with Crippen LogP contribution in [0.15, 0.2) is 12.4 Å². The van der Waals surface area contributed by atoms with Crippen LogP contribution in [0.3, 0.4) is 0 Å². The summed E-state index contributed by atoms with van der Waals surface area (Å²) >= 11 is 0. The molecule has 2 aliphatic heterocycles. The highest BCUT2D eigenvalue weighted by molar-refractivity contribution is 5.09. The minimum atomic E-state index is 0.787. The molecule has 3 aliphatic rings. The van der Waals surface area contributed by atoms with Gasteiger partial charge in [0.1, 0.15) is 5.82 Å². The fourth-order valence-corrected chi connectivity index (χ4v) is 2.56. The Bertz CT molecular complexity index is 242. The maximum atomic E-state index is 4.40. The smallest absolute Gasteiger partial charge is 0.112 e. The van der Waals surface area contributed by atoms with Crippen molar-refractivity contribution in [3.05, 3.63) is 18.2 Å². The quantitative estimate of drug-likeness (QED) is 0.551. The van der Waals surface area contributed by atoms with Gasteiger partial charge in [0, 0.05) is 24.4 Å². The lowest BCUT2D eigenvalue weighted by Gasteiger charge is -2.36. The Hall–Kier alpha value is -0.790. The van der Waals surface area contributed by atoms with Crippen LogP contribution in [0.2, 0.25) is 0 Å². The predicted octanol–water partition coefficient (Wildman–Crippen LogP) is 2.10. The summed E-state index contributed by atoms with van der Waals surface area (Å²) in [7, 11) is 0. The van der Waals surface area contributed by atoms with Gasteiger partial charge in [0.25, 0.3) is 0 Å². The van der Waals surface area contributed by atoms with Crippen LogP contribution in [-0.4, -0.2) is 9.55 Å². The molecule has 4 rings (SSSR count). The molecule has 1 fully saturated rings. The van der Waals surface area contributed by atoms with Crippen molar-refractivity contribution in [2.24, 2.45) is 0 Å². The zero-order chi connectivity index (χ0) is 7.26. The highest BCUT2D eigenvalue weighted by Gasteiger charge is 2.32. The molecular weight excluding hydrogens is 136 g/mol. The van der Waals surface area contributed by atoms with E-state index in [0.29, 0.717) is 0 Å². The second kappa shape index (κ2) is 1.87. The Balaban J connectivity index is 2.19. The summed E-state index contributed by atoms with van der Waals surface area (Å²) < 4.78 is 2.39. The molecule has 0 aromatic carbocycles. The van der Waals surface area contributed by atoms with Gasteiger partial charge in [0.05, 0.1) is 0 Å². The summed E-state index contributed by atoms with van der Waals surface area (Å²) in [6.45, 7) is 0. The lowest BCUT2D eigenvalue weighted by Crippen LogP contribution is -2.27. The third kappa shape index (κ3) is 0.647. The van der Waals surface area contributed by atoms with E-state index in [0.717, 1.165) is 12.0 Å². The van der Waals surface area contributed by atoms with E-state index in [4.69, 9.17) is 0 Å². The molecule has 1 saturated carbocycles. The summed E-state index contributed by atoms with van der Waals surface area (Å²) in [4.78, 5) is 4.40. The van der Waals surface area contributed by atoms with Crippen molar-refractivity contribution >= 4 is 0 Å². The molecule has 58 valence electrons. The van der Waals surface area contributed by atoms with Crippen molar-refractivity contribution in [3.63, 3.8) is 0 Å². The first-order chi connectivity index (χ1) is 5.45. The number of aromatic nitrogens is 2. The average Bonchev–Trinajstić information content (AvgIpc) is 2.55. The second-order valence-electron chi connectivity index (χ2n) is 3.70. The van der Waals surface area contributed by atoms with Gasteiger partial charge in [-0.3, -0.25) is 0 Å². The molecular formula is C9H12N2. The Morgan fingerprint density at radius 1 is 1.27 bits per heavy atom. The minimum absolute atomic E-state index is 0.787. The van der Waals surface area contributed by atoms with Gasteiger partial charge < -0.3 is 4.57 Å². The molecule has 0 atom stereocenters. The monoisotopic (exact) mass is 148 g/mol. The van der Waals surface area contributed by atoms with Gasteiger partial charge >= 0.3 is 0 Å². The van der Waals surface area contributed by atoms with E-state index in [-0.39, 0.29) is 0 Å². The summed E-state index contributed by atoms with van der Waals surface area (Å²) in [5.74, 6) is 2.14. The van der Waals surface area contributed by atoms with E-state index in [1.807, 2.05) is 6.20 Å². The van der Waals surface area contributed by atoms with Gasteiger partial charge in [-0.05, 0) is 25.7 Å². The molecule has 0 radical (unpaired) electrons. The molecule has 2 heteroatoms. The molecule has 0 N–H and O–H groups in total. The van der Waals surface area contributed by atoms with Crippen LogP contribution in [0.1, 0.15) is 43.5 Å². The first-order valence-corrected chi connectivity index (χ1v) is 4.48. The third-order valence-corrected chi connectivity index (χ3v) is 3.15. The molecule has 3 heterocycles. The van der Waals surface area contributed by atoms with E-state index in [9.17, 15) is 0 Å². The third-order valence-electron chi connectivity index (χ3n) is 3.15. The molecule has 0 unspecified atom stereocenters. The highest BCUT2D eigenvalue weighted by atomic mass is 15.1. The fraction of sp³-hybridized carbons (Fsp3) is 0.667. The van der Waals surface area contributed by atoms with Gasteiger partial charge in [-0.15, -0.1) is 0 Å². The number of fused-ring (bicyclic) bond motifs is 2. The molecule has 11 heavy (non-hydrogen) atoms. The molecule has 1 aromatic heterocycles. The van der Waals surface area contributed by atoms with Crippen LogP contribution in [0.25, 0.3) is 0 Å². The molecule has 0 spiro atoms. The van der Waals surface area contributed by atoms with Crippen LogP contribution in [0.5, 0.6) is 0 Å². The van der Waals surface area contributed by atoms with Crippen molar-refractivity contribution in [1.29, 1.82) is 0 Å². The first-order valence-electron chi connectivity index (χ1n) is 4.48. The van der Waals surface area contributed by atoms with Crippen LogP contribution < -0.4 is 0 Å². The SMILES string of the molecule is c1cn2c(n1)C1CCC2CC1. The molecule has 2 nitrogen and oxygen atoms in total. The van der Waals surface area contributed by atoms with E-state index in [1.54, 1.807) is 0 Å².